The van der Waals surface area contributed by atoms with Gasteiger partial charge in [0.15, 0.2) is 23.3 Å². The molecule has 2 aromatic heterocycles. The van der Waals surface area contributed by atoms with Crippen molar-refractivity contribution >= 4 is 0 Å². The molecular weight excluding hydrogens is 757 g/mol. The largest absolute Gasteiger partial charge is 0.228 e. The molecule has 10 aromatic rings. The highest BCUT2D eigenvalue weighted by molar-refractivity contribution is 5.88. The van der Waals surface area contributed by atoms with Crippen LogP contribution in [0.3, 0.4) is 0 Å². The molecule has 6 nitrogen and oxygen atoms in total. The molecule has 0 radical (unpaired) electrons. The molecule has 0 spiro atoms. The van der Waals surface area contributed by atoms with Gasteiger partial charge in [0.2, 0.25) is 0 Å². The third-order valence-corrected chi connectivity index (χ3v) is 10.8. The Hall–Kier alpha value is -8.66. The molecule has 0 aliphatic rings. The van der Waals surface area contributed by atoms with E-state index in [4.69, 9.17) is 24.9 Å². The molecule has 8 aromatic carbocycles. The first-order valence-corrected chi connectivity index (χ1v) is 20.4. The van der Waals surface area contributed by atoms with E-state index >= 15 is 0 Å². The second-order valence-electron chi connectivity index (χ2n) is 14.8. The summed E-state index contributed by atoms with van der Waals surface area (Å²) in [5.41, 5.74) is 14.1. The average molecular weight is 793 g/mol. The SMILES string of the molecule is N#Cc1cccc(-c2ccc(-c3nc(-c4ccccc4)nc(-c4ccccc4-c4cccc(-c5ccccc5-c5cc(-c6ccccc6)nc(-c6ccccc6)n5)c4)n3)cc2)c1. The van der Waals surface area contributed by atoms with Gasteiger partial charge in [-0.15, -0.1) is 0 Å². The van der Waals surface area contributed by atoms with Crippen LogP contribution in [0, 0.1) is 11.3 Å². The van der Waals surface area contributed by atoms with Crippen molar-refractivity contribution in [3.8, 4) is 108 Å². The minimum absolute atomic E-state index is 0.568. The summed E-state index contributed by atoms with van der Waals surface area (Å²) in [6.07, 6.45) is 0. The van der Waals surface area contributed by atoms with Gasteiger partial charge >= 0.3 is 0 Å². The lowest BCUT2D eigenvalue weighted by molar-refractivity contribution is 1.07. The second-order valence-corrected chi connectivity index (χ2v) is 14.8. The molecule has 6 heteroatoms. The van der Waals surface area contributed by atoms with Crippen LogP contribution in [0.15, 0.2) is 218 Å². The minimum atomic E-state index is 0.568. The number of benzene rings is 8. The Kier molecular flexibility index (Phi) is 10.3. The van der Waals surface area contributed by atoms with E-state index in [2.05, 4.69) is 91.0 Å². The Bertz CT molecular complexity index is 3170. The van der Waals surface area contributed by atoms with E-state index < -0.39 is 0 Å². The van der Waals surface area contributed by atoms with Crippen molar-refractivity contribution in [3.05, 3.63) is 224 Å². The van der Waals surface area contributed by atoms with E-state index in [-0.39, 0.29) is 0 Å². The van der Waals surface area contributed by atoms with Gasteiger partial charge < -0.3 is 0 Å². The Morgan fingerprint density at radius 3 is 1.29 bits per heavy atom. The molecule has 0 amide bonds. The number of hydrogen-bond acceptors (Lipinski definition) is 6. The molecular formula is C56H36N6. The summed E-state index contributed by atoms with van der Waals surface area (Å²) in [5.74, 6) is 2.40. The van der Waals surface area contributed by atoms with Crippen LogP contribution in [0.5, 0.6) is 0 Å². The third-order valence-electron chi connectivity index (χ3n) is 10.8. The standard InChI is InChI=1S/C56H36N6/c57-37-38-16-14-23-44(34-38)39-30-32-43(33-31-39)55-60-54(42-21-8-3-9-22-42)61-56(62-55)50-29-13-11-27-48(50)46-25-15-24-45(35-46)47-26-10-12-28-49(47)52-36-51(40-17-4-1-5-18-40)58-53(59-52)41-19-6-2-7-20-41/h1-36H. The Morgan fingerprint density at radius 2 is 0.677 bits per heavy atom. The van der Waals surface area contributed by atoms with E-state index in [1.807, 2.05) is 133 Å². The van der Waals surface area contributed by atoms with Gasteiger partial charge in [0.05, 0.1) is 23.0 Å². The van der Waals surface area contributed by atoms with Crippen molar-refractivity contribution in [3.63, 3.8) is 0 Å². The van der Waals surface area contributed by atoms with E-state index in [0.29, 0.717) is 28.9 Å². The molecule has 62 heavy (non-hydrogen) atoms. The summed E-state index contributed by atoms with van der Waals surface area (Å²) in [4.78, 5) is 25.4. The van der Waals surface area contributed by atoms with Crippen LogP contribution < -0.4 is 0 Å². The molecule has 0 fully saturated rings. The van der Waals surface area contributed by atoms with Crippen molar-refractivity contribution in [2.24, 2.45) is 0 Å². The van der Waals surface area contributed by atoms with Crippen LogP contribution in [0.2, 0.25) is 0 Å². The molecule has 290 valence electrons. The quantitative estimate of drug-likeness (QED) is 0.145. The van der Waals surface area contributed by atoms with Crippen molar-refractivity contribution in [1.29, 1.82) is 5.26 Å². The Labute approximate surface area is 360 Å². The fraction of sp³-hybridized carbons (Fsp3) is 0. The number of hydrogen-bond donors (Lipinski definition) is 0. The van der Waals surface area contributed by atoms with Crippen molar-refractivity contribution < 1.29 is 0 Å². The lowest BCUT2D eigenvalue weighted by Crippen LogP contribution is -2.01. The maximum absolute atomic E-state index is 9.46. The van der Waals surface area contributed by atoms with E-state index in [0.717, 1.165) is 78.1 Å². The summed E-state index contributed by atoms with van der Waals surface area (Å²) in [6, 6.07) is 75.8. The fourth-order valence-corrected chi connectivity index (χ4v) is 7.72. The summed E-state index contributed by atoms with van der Waals surface area (Å²) >= 11 is 0. The second kappa shape index (κ2) is 16.9. The van der Waals surface area contributed by atoms with Gasteiger partial charge in [0, 0.05) is 33.4 Å². The zero-order valence-corrected chi connectivity index (χ0v) is 33.5. The lowest BCUT2D eigenvalue weighted by Gasteiger charge is -2.15. The average Bonchev–Trinajstić information content (AvgIpc) is 3.37. The van der Waals surface area contributed by atoms with E-state index in [1.165, 1.54) is 0 Å². The first-order valence-electron chi connectivity index (χ1n) is 20.4. The lowest BCUT2D eigenvalue weighted by atomic mass is 9.92. The molecule has 0 saturated heterocycles. The van der Waals surface area contributed by atoms with Gasteiger partial charge in [-0.1, -0.05) is 194 Å². The van der Waals surface area contributed by atoms with Crippen molar-refractivity contribution in [2.75, 3.05) is 0 Å². The number of nitrogens with zero attached hydrogens (tertiary/aromatic N) is 6. The molecule has 0 saturated carbocycles. The van der Waals surface area contributed by atoms with Crippen LogP contribution in [0.4, 0.5) is 0 Å². The Morgan fingerprint density at radius 1 is 0.258 bits per heavy atom. The first-order chi connectivity index (χ1) is 30.7. The van der Waals surface area contributed by atoms with E-state index in [1.54, 1.807) is 0 Å². The molecule has 0 bridgehead atoms. The molecule has 0 aliphatic carbocycles. The number of aromatic nitrogens is 5. The van der Waals surface area contributed by atoms with Gasteiger partial charge in [-0.2, -0.15) is 5.26 Å². The molecule has 0 unspecified atom stereocenters. The van der Waals surface area contributed by atoms with Crippen LogP contribution in [-0.4, -0.2) is 24.9 Å². The fourth-order valence-electron chi connectivity index (χ4n) is 7.72. The van der Waals surface area contributed by atoms with Crippen molar-refractivity contribution in [1.82, 2.24) is 24.9 Å². The van der Waals surface area contributed by atoms with Crippen LogP contribution in [0.1, 0.15) is 5.56 Å². The smallest absolute Gasteiger partial charge is 0.164 e. The van der Waals surface area contributed by atoms with Crippen LogP contribution in [0.25, 0.3) is 101 Å². The maximum Gasteiger partial charge on any atom is 0.164 e. The first kappa shape index (κ1) is 37.6. The summed E-state index contributed by atoms with van der Waals surface area (Å²) in [7, 11) is 0. The van der Waals surface area contributed by atoms with Crippen molar-refractivity contribution in [2.45, 2.75) is 0 Å². The predicted octanol–water partition coefficient (Wildman–Crippen LogP) is 13.5. The Balaban J connectivity index is 1.06. The summed E-state index contributed by atoms with van der Waals surface area (Å²) in [5, 5.41) is 9.46. The molecule has 0 aliphatic heterocycles. The van der Waals surface area contributed by atoms with Gasteiger partial charge in [0.1, 0.15) is 0 Å². The van der Waals surface area contributed by atoms with Gasteiger partial charge in [-0.05, 0) is 57.6 Å². The highest BCUT2D eigenvalue weighted by atomic mass is 15.0. The third kappa shape index (κ3) is 7.78. The molecule has 0 N–H and O–H groups in total. The summed E-state index contributed by atoms with van der Waals surface area (Å²) < 4.78 is 0. The van der Waals surface area contributed by atoms with Crippen LogP contribution in [-0.2, 0) is 0 Å². The van der Waals surface area contributed by atoms with E-state index in [9.17, 15) is 5.26 Å². The van der Waals surface area contributed by atoms with Gasteiger partial charge in [-0.25, -0.2) is 24.9 Å². The highest BCUT2D eigenvalue weighted by Gasteiger charge is 2.18. The normalized spacial score (nSPS) is 10.9. The minimum Gasteiger partial charge on any atom is -0.228 e. The summed E-state index contributed by atoms with van der Waals surface area (Å²) in [6.45, 7) is 0. The molecule has 2 heterocycles. The maximum atomic E-state index is 9.46. The zero-order chi connectivity index (χ0) is 41.7. The number of rotatable bonds is 9. The number of nitriles is 1. The monoisotopic (exact) mass is 792 g/mol. The van der Waals surface area contributed by atoms with Gasteiger partial charge in [-0.3, -0.25) is 0 Å². The molecule has 10 rings (SSSR count). The molecule has 0 atom stereocenters. The highest BCUT2D eigenvalue weighted by Crippen LogP contribution is 2.38. The topological polar surface area (TPSA) is 88.2 Å². The predicted molar refractivity (Wildman–Crippen MR) is 249 cm³/mol. The van der Waals surface area contributed by atoms with Gasteiger partial charge in [0.25, 0.3) is 0 Å². The van der Waals surface area contributed by atoms with Crippen LogP contribution >= 0.6 is 0 Å². The zero-order valence-electron chi connectivity index (χ0n) is 33.5.